The fraction of sp³-hybridized carbons (Fsp3) is 0.123. The molecular formula is C122H93N15. The summed E-state index contributed by atoms with van der Waals surface area (Å²) in [5.41, 5.74) is 41.2. The molecule has 137 heavy (non-hydrogen) atoms. The Morgan fingerprint density at radius 1 is 0.168 bits per heavy atom. The van der Waals surface area contributed by atoms with Crippen molar-refractivity contribution >= 4 is 54.9 Å². The summed E-state index contributed by atoms with van der Waals surface area (Å²) in [5.74, 6) is 0.757. The fourth-order valence-corrected chi connectivity index (χ4v) is 20.3. The molecule has 0 radical (unpaired) electrons. The van der Waals surface area contributed by atoms with Crippen LogP contribution in [0.5, 0.6) is 0 Å². The van der Waals surface area contributed by atoms with Crippen LogP contribution in [0.2, 0.25) is 0 Å². The maximum Gasteiger partial charge on any atom is 0.159 e. The van der Waals surface area contributed by atoms with Crippen LogP contribution in [0.3, 0.4) is 0 Å². The number of hydrogen-bond donors (Lipinski definition) is 0. The molecule has 0 fully saturated rings. The Morgan fingerprint density at radius 2 is 0.533 bits per heavy atom. The minimum absolute atomic E-state index is 0.186. The molecule has 656 valence electrons. The molecule has 15 heteroatoms. The van der Waals surface area contributed by atoms with Crippen molar-refractivity contribution in [3.8, 4) is 135 Å². The lowest BCUT2D eigenvalue weighted by Crippen LogP contribution is -2.19. The Bertz CT molecular complexity index is 8350. The summed E-state index contributed by atoms with van der Waals surface area (Å²) in [6.45, 7) is 22.1. The summed E-state index contributed by atoms with van der Waals surface area (Å²) in [6.07, 6.45) is 5.90. The summed E-state index contributed by atoms with van der Waals surface area (Å²) in [6, 6.07) is 124. The number of pyridine rings is 5. The van der Waals surface area contributed by atoms with E-state index in [0.29, 0.717) is 0 Å². The zero-order valence-corrected chi connectivity index (χ0v) is 77.6. The molecule has 27 rings (SSSR count). The molecule has 12 aromatic carbocycles. The van der Waals surface area contributed by atoms with Crippen molar-refractivity contribution in [1.82, 2.24) is 74.8 Å². The van der Waals surface area contributed by atoms with Crippen molar-refractivity contribution in [3.05, 3.63) is 439 Å². The average Bonchev–Trinajstić information content (AvgIpc) is 1.55. The summed E-state index contributed by atoms with van der Waals surface area (Å²) in [5, 5.41) is 2.40. The summed E-state index contributed by atoms with van der Waals surface area (Å²) < 4.78 is 0. The number of nitrogens with zero attached hydrogens (tertiary/aromatic N) is 15. The van der Waals surface area contributed by atoms with Gasteiger partial charge in [0, 0.05) is 107 Å². The van der Waals surface area contributed by atoms with Crippen LogP contribution < -0.4 is 0 Å². The molecule has 5 aliphatic carbocycles. The quantitative estimate of drug-likeness (QED) is 0.146. The van der Waals surface area contributed by atoms with E-state index in [-0.39, 0.29) is 27.1 Å². The molecule has 0 atom stereocenters. The molecule has 0 saturated heterocycles. The molecule has 5 aliphatic rings. The number of benzene rings is 12. The van der Waals surface area contributed by atoms with Crippen LogP contribution in [0.4, 0.5) is 0 Å². The molecule has 15 nitrogen and oxygen atoms in total. The minimum Gasteiger partial charge on any atom is -0.256 e. The van der Waals surface area contributed by atoms with Gasteiger partial charge in [-0.1, -0.05) is 319 Å². The highest BCUT2D eigenvalue weighted by Crippen LogP contribution is 2.55. The molecule has 0 spiro atoms. The molecule has 10 aromatic heterocycles. The van der Waals surface area contributed by atoms with Crippen molar-refractivity contribution in [1.29, 1.82) is 0 Å². The van der Waals surface area contributed by atoms with Gasteiger partial charge in [0.25, 0.3) is 0 Å². The van der Waals surface area contributed by atoms with E-state index < -0.39 is 0 Å². The smallest absolute Gasteiger partial charge is 0.159 e. The molecule has 0 aliphatic heterocycles. The largest absolute Gasteiger partial charge is 0.256 e. The number of fused-ring (bicyclic) bond motifs is 21. The fourth-order valence-electron chi connectivity index (χ4n) is 20.3. The zero-order chi connectivity index (χ0) is 93.1. The Labute approximate surface area is 795 Å². The predicted octanol–water partition coefficient (Wildman–Crippen LogP) is 28.3. The van der Waals surface area contributed by atoms with E-state index in [9.17, 15) is 0 Å². The molecule has 0 amide bonds. The average molecular weight is 1770 g/mol. The van der Waals surface area contributed by atoms with Gasteiger partial charge in [0.2, 0.25) is 0 Å². The van der Waals surface area contributed by atoms with Crippen molar-refractivity contribution < 1.29 is 0 Å². The van der Waals surface area contributed by atoms with Crippen LogP contribution in [-0.4, -0.2) is 74.8 Å². The number of para-hydroxylation sites is 8. The molecule has 0 unspecified atom stereocenters. The van der Waals surface area contributed by atoms with Crippen LogP contribution in [0.1, 0.15) is 126 Å². The van der Waals surface area contributed by atoms with Crippen LogP contribution in [0.25, 0.3) is 190 Å². The zero-order valence-electron chi connectivity index (χ0n) is 77.6. The Kier molecular flexibility index (Phi) is 20.5. The van der Waals surface area contributed by atoms with Crippen molar-refractivity contribution in [2.45, 2.75) is 96.3 Å². The van der Waals surface area contributed by atoms with Gasteiger partial charge in [0.05, 0.1) is 141 Å². The van der Waals surface area contributed by atoms with E-state index in [2.05, 4.69) is 245 Å². The highest BCUT2D eigenvalue weighted by molar-refractivity contribution is 6.03. The Hall–Kier alpha value is -16.9. The second kappa shape index (κ2) is 33.4. The minimum atomic E-state index is -0.319. The normalized spacial score (nSPS) is 14.1. The number of aromatic nitrogens is 15. The maximum atomic E-state index is 5.28. The Morgan fingerprint density at radius 3 is 1.04 bits per heavy atom. The second-order valence-electron chi connectivity index (χ2n) is 38.1. The Balaban J connectivity index is 0.0000000965. The van der Waals surface area contributed by atoms with Gasteiger partial charge in [-0.05, 0) is 148 Å². The first-order valence-electron chi connectivity index (χ1n) is 46.6. The van der Waals surface area contributed by atoms with E-state index in [1.807, 2.05) is 207 Å². The van der Waals surface area contributed by atoms with Crippen molar-refractivity contribution in [3.63, 3.8) is 0 Å². The van der Waals surface area contributed by atoms with Gasteiger partial charge in [-0.2, -0.15) is 0 Å². The van der Waals surface area contributed by atoms with Crippen LogP contribution in [-0.2, 0) is 27.1 Å². The molecule has 22 aromatic rings. The van der Waals surface area contributed by atoms with E-state index in [4.69, 9.17) is 74.8 Å². The van der Waals surface area contributed by atoms with Crippen LogP contribution in [0, 0.1) is 0 Å². The number of hydrogen-bond acceptors (Lipinski definition) is 15. The van der Waals surface area contributed by atoms with Gasteiger partial charge in [0.15, 0.2) is 5.82 Å². The van der Waals surface area contributed by atoms with E-state index in [0.717, 1.165) is 214 Å². The van der Waals surface area contributed by atoms with E-state index in [1.165, 1.54) is 33.0 Å². The summed E-state index contributed by atoms with van der Waals surface area (Å²) in [4.78, 5) is 74.2. The first kappa shape index (κ1) is 84.4. The highest BCUT2D eigenvalue weighted by Gasteiger charge is 2.46. The van der Waals surface area contributed by atoms with Gasteiger partial charge in [0.1, 0.15) is 5.69 Å². The van der Waals surface area contributed by atoms with Gasteiger partial charge < -0.3 is 0 Å². The lowest BCUT2D eigenvalue weighted by molar-refractivity contribution is 0.618. The van der Waals surface area contributed by atoms with Gasteiger partial charge in [-0.3, -0.25) is 15.0 Å². The van der Waals surface area contributed by atoms with Gasteiger partial charge in [-0.15, -0.1) is 0 Å². The first-order valence-corrected chi connectivity index (χ1v) is 46.6. The summed E-state index contributed by atoms with van der Waals surface area (Å²) >= 11 is 0. The SMILES string of the molecule is CC1(C)c2cc(-c3ccccc3)ncc2-c2nc3ccccc3nc21.CC1(C)c2ccc(-c3ccccc3)nc2-c2nc3ccccc3nc21.CC1(C)c2cnc(-c3ccccc3)cc2-c2nc3ccccc3nc21.CC1(C)c2nc(-c3ccccc3)c(-c3ccccc3)cc2-c2nc3ccccc3nc21.CC1(C)c2nc(-c3ccccc3)ncc2-c2nc(-c3ccccc3)c3ccccc3c21. The molecule has 10 heterocycles. The second-order valence-corrected chi connectivity index (χ2v) is 38.1. The molecule has 0 saturated carbocycles. The highest BCUT2D eigenvalue weighted by atomic mass is 15.0. The van der Waals surface area contributed by atoms with Crippen LogP contribution in [0.15, 0.2) is 383 Å². The third-order valence-electron chi connectivity index (χ3n) is 27.6. The monoisotopic (exact) mass is 1770 g/mol. The third kappa shape index (κ3) is 14.6. The van der Waals surface area contributed by atoms with Crippen molar-refractivity contribution in [2.24, 2.45) is 0 Å². The molecule has 0 bridgehead atoms. The lowest BCUT2D eigenvalue weighted by Gasteiger charge is -2.22. The standard InChI is InChI=1S/2C28H21N3.3C22H17N3/c1-28(2)26-21(25-27(28)30-23-16-10-9-15-22(23)29-25)17-20(18-11-5-3-6-12-18)24(31-26)19-13-7-4-8-14-19;1-28(2)23-20-15-9-10-16-21(20)24(18-11-5-3-6-12-18)30-25(23)22-17-29-27(31-26(22)28)19-13-7-4-8-14-19;1-22(2)16-12-19(14-8-4-3-5-9-14)23-13-15(16)20-21(22)25-18-11-7-6-10-17(18)24-20;1-22(2)16-13-23-19(14-8-4-3-5-9-14)12-15(16)20-21(22)25-18-11-7-6-10-17(18)24-20;1-22(2)15-12-13-16(14-8-4-3-5-9-14)23-19(15)20-21(22)25-18-11-7-6-10-17(18)24-20/h2*3-17H,1-2H3;3*3-13H,1-2H3. The lowest BCUT2D eigenvalue weighted by atomic mass is 9.82. The summed E-state index contributed by atoms with van der Waals surface area (Å²) in [7, 11) is 0. The van der Waals surface area contributed by atoms with Crippen LogP contribution >= 0.6 is 0 Å². The number of rotatable bonds is 7. The van der Waals surface area contributed by atoms with Gasteiger partial charge in [-0.25, -0.2) is 59.8 Å². The van der Waals surface area contributed by atoms with Gasteiger partial charge >= 0.3 is 0 Å². The topological polar surface area (TPSA) is 193 Å². The van der Waals surface area contributed by atoms with E-state index in [1.54, 1.807) is 0 Å². The molecular weight excluding hydrogens is 1680 g/mol. The molecule has 0 N–H and O–H groups in total. The maximum absolute atomic E-state index is 5.28. The van der Waals surface area contributed by atoms with Crippen molar-refractivity contribution in [2.75, 3.05) is 0 Å². The van der Waals surface area contributed by atoms with E-state index >= 15 is 0 Å². The third-order valence-corrected chi connectivity index (χ3v) is 27.6. The first-order chi connectivity index (χ1) is 66.7. The predicted molar refractivity (Wildman–Crippen MR) is 553 cm³/mol.